The molecule has 1 unspecified atom stereocenters. The molecule has 1 N–H and O–H groups in total. The Morgan fingerprint density at radius 1 is 1.40 bits per heavy atom. The topological polar surface area (TPSA) is 47.0 Å². The fourth-order valence-electron chi connectivity index (χ4n) is 1.65. The lowest BCUT2D eigenvalue weighted by Gasteiger charge is -2.19. The Morgan fingerprint density at radius 3 is 2.80 bits per heavy atom. The van der Waals surface area contributed by atoms with Gasteiger partial charge in [-0.2, -0.15) is 0 Å². The maximum Gasteiger partial charge on any atom is 0.134 e. The van der Waals surface area contributed by atoms with Gasteiger partial charge in [0, 0.05) is 19.1 Å². The summed E-state index contributed by atoms with van der Waals surface area (Å²) >= 11 is 1.73. The molecule has 0 radical (unpaired) electrons. The van der Waals surface area contributed by atoms with Crippen molar-refractivity contribution >= 4 is 11.3 Å². The minimum absolute atomic E-state index is 0.302. The minimum atomic E-state index is 0.302. The summed E-state index contributed by atoms with van der Waals surface area (Å²) in [6.45, 7) is 3.83. The monoisotopic (exact) mass is 227 g/mol. The lowest BCUT2D eigenvalue weighted by Crippen LogP contribution is -2.13. The summed E-state index contributed by atoms with van der Waals surface area (Å²) in [7, 11) is 1.94. The molecule has 0 aromatic carbocycles. The molecule has 1 saturated heterocycles. The molecule has 1 aromatic heterocycles. The van der Waals surface area contributed by atoms with Crippen molar-refractivity contribution in [3.05, 3.63) is 10.0 Å². The van der Waals surface area contributed by atoms with Crippen LogP contribution in [0.15, 0.2) is 0 Å². The van der Waals surface area contributed by atoms with Crippen LogP contribution in [0.1, 0.15) is 41.7 Å². The predicted octanol–water partition coefficient (Wildman–Crippen LogP) is 1.71. The predicted molar refractivity (Wildman–Crippen MR) is 60.2 cm³/mol. The summed E-state index contributed by atoms with van der Waals surface area (Å²) < 4.78 is 5.34. The lowest BCUT2D eigenvalue weighted by atomic mass is 10.0. The third-order valence-electron chi connectivity index (χ3n) is 2.83. The molecule has 1 aromatic rings. The van der Waals surface area contributed by atoms with Gasteiger partial charge in [-0.3, -0.25) is 0 Å². The molecule has 0 aliphatic carbocycles. The number of nitrogens with zero attached hydrogens (tertiary/aromatic N) is 2. The average Bonchev–Trinajstić information content (AvgIpc) is 2.78. The van der Waals surface area contributed by atoms with E-state index in [1.165, 1.54) is 5.01 Å². The molecule has 84 valence electrons. The smallest absolute Gasteiger partial charge is 0.134 e. The van der Waals surface area contributed by atoms with E-state index >= 15 is 0 Å². The highest BCUT2D eigenvalue weighted by molar-refractivity contribution is 7.11. The van der Waals surface area contributed by atoms with E-state index in [-0.39, 0.29) is 0 Å². The molecule has 0 spiro atoms. The summed E-state index contributed by atoms with van der Waals surface area (Å²) in [5, 5.41) is 13.9. The highest BCUT2D eigenvalue weighted by atomic mass is 32.1. The second kappa shape index (κ2) is 5.01. The van der Waals surface area contributed by atoms with Gasteiger partial charge in [0.15, 0.2) is 0 Å². The van der Waals surface area contributed by atoms with Crippen molar-refractivity contribution in [1.29, 1.82) is 0 Å². The van der Waals surface area contributed by atoms with Gasteiger partial charge in [0.25, 0.3) is 0 Å². The Bertz CT molecular complexity index is 309. The number of rotatable bonds is 3. The molecule has 1 atom stereocenters. The quantitative estimate of drug-likeness (QED) is 0.854. The fourth-order valence-corrected chi connectivity index (χ4v) is 2.73. The van der Waals surface area contributed by atoms with Gasteiger partial charge in [0.2, 0.25) is 0 Å². The van der Waals surface area contributed by atoms with Gasteiger partial charge in [-0.05, 0) is 26.8 Å². The molecule has 1 fully saturated rings. The van der Waals surface area contributed by atoms with Crippen molar-refractivity contribution in [2.75, 3.05) is 20.3 Å². The van der Waals surface area contributed by atoms with Gasteiger partial charge in [-0.15, -0.1) is 10.2 Å². The van der Waals surface area contributed by atoms with Crippen LogP contribution in [0.2, 0.25) is 0 Å². The van der Waals surface area contributed by atoms with Crippen LogP contribution in [0, 0.1) is 0 Å². The van der Waals surface area contributed by atoms with E-state index in [1.807, 2.05) is 7.05 Å². The van der Waals surface area contributed by atoms with Crippen LogP contribution in [0.5, 0.6) is 0 Å². The Balaban J connectivity index is 2.05. The van der Waals surface area contributed by atoms with Gasteiger partial charge in [-0.25, -0.2) is 0 Å². The lowest BCUT2D eigenvalue weighted by molar-refractivity contribution is 0.0851. The molecular weight excluding hydrogens is 210 g/mol. The molecule has 5 heteroatoms. The van der Waals surface area contributed by atoms with E-state index in [4.69, 9.17) is 4.74 Å². The van der Waals surface area contributed by atoms with Crippen LogP contribution in [-0.2, 0) is 4.74 Å². The van der Waals surface area contributed by atoms with E-state index in [0.717, 1.165) is 31.1 Å². The maximum atomic E-state index is 5.34. The number of aromatic nitrogens is 2. The normalized spacial score (nSPS) is 20.4. The molecular formula is C10H17N3OS. The first kappa shape index (κ1) is 11.0. The van der Waals surface area contributed by atoms with Gasteiger partial charge in [0.1, 0.15) is 10.0 Å². The first-order valence-corrected chi connectivity index (χ1v) is 6.21. The number of nitrogens with one attached hydrogen (secondary N) is 1. The number of hydrogen-bond acceptors (Lipinski definition) is 5. The summed E-state index contributed by atoms with van der Waals surface area (Å²) in [6, 6.07) is 0.302. The molecule has 2 heterocycles. The third-order valence-corrected chi connectivity index (χ3v) is 4.10. The standard InChI is InChI=1S/C10H17N3OS/c1-7(11-2)9-12-13-10(15-9)8-3-5-14-6-4-8/h7-8,11H,3-6H2,1-2H3. The van der Waals surface area contributed by atoms with Crippen molar-refractivity contribution in [2.24, 2.45) is 0 Å². The van der Waals surface area contributed by atoms with Crippen molar-refractivity contribution in [2.45, 2.75) is 31.7 Å². The Morgan fingerprint density at radius 2 is 2.13 bits per heavy atom. The number of hydrogen-bond donors (Lipinski definition) is 1. The van der Waals surface area contributed by atoms with Crippen LogP contribution in [0.4, 0.5) is 0 Å². The van der Waals surface area contributed by atoms with Crippen LogP contribution >= 0.6 is 11.3 Å². The first-order chi connectivity index (χ1) is 7.31. The van der Waals surface area contributed by atoms with Crippen molar-refractivity contribution in [3.8, 4) is 0 Å². The molecule has 0 saturated carbocycles. The van der Waals surface area contributed by atoms with Crippen molar-refractivity contribution in [3.63, 3.8) is 0 Å². The highest BCUT2D eigenvalue weighted by Gasteiger charge is 2.21. The van der Waals surface area contributed by atoms with Crippen LogP contribution in [0.25, 0.3) is 0 Å². The fraction of sp³-hybridized carbons (Fsp3) is 0.800. The second-order valence-electron chi connectivity index (χ2n) is 3.88. The SMILES string of the molecule is CNC(C)c1nnc(C2CCOCC2)s1. The summed E-state index contributed by atoms with van der Waals surface area (Å²) in [5.41, 5.74) is 0. The average molecular weight is 227 g/mol. The molecule has 15 heavy (non-hydrogen) atoms. The van der Waals surface area contributed by atoms with Crippen molar-refractivity contribution in [1.82, 2.24) is 15.5 Å². The zero-order chi connectivity index (χ0) is 10.7. The highest BCUT2D eigenvalue weighted by Crippen LogP contribution is 2.30. The van der Waals surface area contributed by atoms with Gasteiger partial charge in [-0.1, -0.05) is 11.3 Å². The van der Waals surface area contributed by atoms with Crippen LogP contribution in [0.3, 0.4) is 0 Å². The minimum Gasteiger partial charge on any atom is -0.381 e. The Hall–Kier alpha value is -0.520. The second-order valence-corrected chi connectivity index (χ2v) is 4.92. The van der Waals surface area contributed by atoms with E-state index in [9.17, 15) is 0 Å². The van der Waals surface area contributed by atoms with Gasteiger partial charge < -0.3 is 10.1 Å². The van der Waals surface area contributed by atoms with Crippen LogP contribution in [-0.4, -0.2) is 30.5 Å². The van der Waals surface area contributed by atoms with E-state index < -0.39 is 0 Å². The maximum absolute atomic E-state index is 5.34. The Kier molecular flexibility index (Phi) is 3.66. The summed E-state index contributed by atoms with van der Waals surface area (Å²) in [5.74, 6) is 0.564. The molecule has 1 aliphatic heterocycles. The van der Waals surface area contributed by atoms with E-state index in [1.54, 1.807) is 11.3 Å². The third kappa shape index (κ3) is 2.53. The molecule has 2 rings (SSSR count). The largest absolute Gasteiger partial charge is 0.381 e. The molecule has 4 nitrogen and oxygen atoms in total. The zero-order valence-corrected chi connectivity index (χ0v) is 10.0. The summed E-state index contributed by atoms with van der Waals surface area (Å²) in [6.07, 6.45) is 2.17. The molecule has 0 bridgehead atoms. The van der Waals surface area contributed by atoms with Gasteiger partial charge >= 0.3 is 0 Å². The Labute approximate surface area is 94.1 Å². The van der Waals surface area contributed by atoms with Crippen molar-refractivity contribution < 1.29 is 4.74 Å². The van der Waals surface area contributed by atoms with Gasteiger partial charge in [0.05, 0.1) is 6.04 Å². The zero-order valence-electron chi connectivity index (χ0n) is 9.19. The first-order valence-electron chi connectivity index (χ1n) is 5.39. The van der Waals surface area contributed by atoms with E-state index in [2.05, 4.69) is 22.4 Å². The molecule has 1 aliphatic rings. The van der Waals surface area contributed by atoms with E-state index in [0.29, 0.717) is 12.0 Å². The summed E-state index contributed by atoms with van der Waals surface area (Å²) in [4.78, 5) is 0. The number of ether oxygens (including phenoxy) is 1. The van der Waals surface area contributed by atoms with Crippen LogP contribution < -0.4 is 5.32 Å². The molecule has 0 amide bonds.